The van der Waals surface area contributed by atoms with E-state index < -0.39 is 11.9 Å². The van der Waals surface area contributed by atoms with Gasteiger partial charge in [0.05, 0.1) is 0 Å². The van der Waals surface area contributed by atoms with Gasteiger partial charge in [0.25, 0.3) is 5.91 Å². The zero-order valence-corrected chi connectivity index (χ0v) is 15.8. The summed E-state index contributed by atoms with van der Waals surface area (Å²) in [6, 6.07) is 13.3. The van der Waals surface area contributed by atoms with Crippen LogP contribution >= 0.6 is 0 Å². The van der Waals surface area contributed by atoms with E-state index in [-0.39, 0.29) is 30.8 Å². The van der Waals surface area contributed by atoms with E-state index in [0.717, 1.165) is 11.3 Å². The molecule has 1 unspecified atom stereocenters. The van der Waals surface area contributed by atoms with Crippen molar-refractivity contribution in [2.45, 2.75) is 25.4 Å². The van der Waals surface area contributed by atoms with Crippen LogP contribution in [-0.4, -0.2) is 41.7 Å². The summed E-state index contributed by atoms with van der Waals surface area (Å²) in [6.07, 6.45) is 0.527. The van der Waals surface area contributed by atoms with E-state index in [9.17, 15) is 19.2 Å². The molecule has 2 N–H and O–H groups in total. The number of nitrogens with one attached hydrogen (secondary N) is 2. The largest absolute Gasteiger partial charge is 0.326 e. The van der Waals surface area contributed by atoms with E-state index >= 15 is 0 Å². The molecule has 8 heteroatoms. The summed E-state index contributed by atoms with van der Waals surface area (Å²) in [5.74, 6) is -1.00. The molecule has 2 aliphatic rings. The second kappa shape index (κ2) is 7.38. The van der Waals surface area contributed by atoms with Crippen LogP contribution in [0.15, 0.2) is 48.5 Å². The fourth-order valence-electron chi connectivity index (χ4n) is 3.63. The number of nitrogens with zero attached hydrogens (tertiary/aromatic N) is 2. The third kappa shape index (κ3) is 3.56. The second-order valence-electron chi connectivity index (χ2n) is 7.10. The number of carbonyl (C=O) groups excluding carboxylic acids is 4. The quantitative estimate of drug-likeness (QED) is 0.782. The number of piperidine rings is 1. The van der Waals surface area contributed by atoms with Crippen LogP contribution in [0.5, 0.6) is 0 Å². The van der Waals surface area contributed by atoms with Crippen molar-refractivity contribution in [2.24, 2.45) is 0 Å². The molecule has 0 spiro atoms. The van der Waals surface area contributed by atoms with Crippen LogP contribution < -0.4 is 15.5 Å². The molecule has 0 bridgehead atoms. The molecule has 1 atom stereocenters. The van der Waals surface area contributed by atoms with E-state index in [1.165, 1.54) is 9.80 Å². The zero-order chi connectivity index (χ0) is 20.5. The van der Waals surface area contributed by atoms with Gasteiger partial charge in [-0.05, 0) is 42.3 Å². The summed E-state index contributed by atoms with van der Waals surface area (Å²) in [6.45, 7) is 0.263. The van der Waals surface area contributed by atoms with Crippen molar-refractivity contribution in [3.05, 3.63) is 59.7 Å². The van der Waals surface area contributed by atoms with Gasteiger partial charge >= 0.3 is 6.03 Å². The van der Waals surface area contributed by atoms with E-state index in [0.29, 0.717) is 17.7 Å². The molecule has 8 nitrogen and oxygen atoms in total. The normalized spacial score (nSPS) is 18.3. The molecule has 1 saturated heterocycles. The highest BCUT2D eigenvalue weighted by atomic mass is 16.2. The SMILES string of the molecule is CN(C(=O)Nc1ccc2c(c1)CN(C1CCC(=O)NC1=O)C2=O)c1ccccc1. The van der Waals surface area contributed by atoms with Crippen molar-refractivity contribution in [3.8, 4) is 0 Å². The molecule has 0 aliphatic carbocycles. The summed E-state index contributed by atoms with van der Waals surface area (Å²) in [5.41, 5.74) is 2.56. The minimum Gasteiger partial charge on any atom is -0.322 e. The maximum absolute atomic E-state index is 12.7. The number of hydrogen-bond donors (Lipinski definition) is 2. The molecule has 0 aromatic heterocycles. The number of anilines is 2. The Balaban J connectivity index is 1.48. The van der Waals surface area contributed by atoms with Gasteiger partial charge < -0.3 is 10.2 Å². The van der Waals surface area contributed by atoms with Crippen LogP contribution in [0.2, 0.25) is 0 Å². The van der Waals surface area contributed by atoms with Crippen LogP contribution in [0.4, 0.5) is 16.2 Å². The minimum absolute atomic E-state index is 0.212. The highest BCUT2D eigenvalue weighted by Gasteiger charge is 2.39. The first-order chi connectivity index (χ1) is 13.9. The monoisotopic (exact) mass is 392 g/mol. The first-order valence-corrected chi connectivity index (χ1v) is 9.31. The molecule has 1 fully saturated rings. The number of para-hydroxylation sites is 1. The van der Waals surface area contributed by atoms with Gasteiger partial charge in [-0.15, -0.1) is 0 Å². The lowest BCUT2D eigenvalue weighted by atomic mass is 10.0. The molecule has 148 valence electrons. The summed E-state index contributed by atoms with van der Waals surface area (Å²) in [7, 11) is 1.67. The number of rotatable bonds is 3. The van der Waals surface area contributed by atoms with Crippen molar-refractivity contribution in [3.63, 3.8) is 0 Å². The molecule has 0 saturated carbocycles. The fraction of sp³-hybridized carbons (Fsp3) is 0.238. The third-order valence-corrected chi connectivity index (χ3v) is 5.22. The Hall–Kier alpha value is -3.68. The Bertz CT molecular complexity index is 1000. The van der Waals surface area contributed by atoms with Gasteiger partial charge in [-0.1, -0.05) is 18.2 Å². The highest BCUT2D eigenvalue weighted by Crippen LogP contribution is 2.29. The number of amides is 5. The molecular formula is C21H20N4O4. The lowest BCUT2D eigenvalue weighted by Gasteiger charge is -2.29. The Kier molecular flexibility index (Phi) is 4.75. The van der Waals surface area contributed by atoms with Crippen molar-refractivity contribution in [1.82, 2.24) is 10.2 Å². The van der Waals surface area contributed by atoms with Gasteiger partial charge in [-0.25, -0.2) is 4.79 Å². The van der Waals surface area contributed by atoms with Gasteiger partial charge in [-0.2, -0.15) is 0 Å². The molecule has 2 aromatic rings. The summed E-state index contributed by atoms with van der Waals surface area (Å²) in [4.78, 5) is 51.7. The van der Waals surface area contributed by atoms with Crippen molar-refractivity contribution in [1.29, 1.82) is 0 Å². The molecule has 2 heterocycles. The summed E-state index contributed by atoms with van der Waals surface area (Å²) < 4.78 is 0. The van der Waals surface area contributed by atoms with Crippen LogP contribution in [0, 0.1) is 0 Å². The second-order valence-corrected chi connectivity index (χ2v) is 7.10. The number of fused-ring (bicyclic) bond motifs is 1. The van der Waals surface area contributed by atoms with Crippen LogP contribution in [-0.2, 0) is 16.1 Å². The number of urea groups is 1. The van der Waals surface area contributed by atoms with Crippen molar-refractivity contribution in [2.75, 3.05) is 17.3 Å². The Labute approximate surface area is 167 Å². The number of imide groups is 1. The van der Waals surface area contributed by atoms with Crippen LogP contribution in [0.3, 0.4) is 0 Å². The Morgan fingerprint density at radius 3 is 2.62 bits per heavy atom. The number of carbonyl (C=O) groups is 4. The number of benzene rings is 2. The zero-order valence-electron chi connectivity index (χ0n) is 15.8. The maximum atomic E-state index is 12.7. The highest BCUT2D eigenvalue weighted by molar-refractivity contribution is 6.06. The van der Waals surface area contributed by atoms with Gasteiger partial charge in [0.2, 0.25) is 11.8 Å². The van der Waals surface area contributed by atoms with E-state index in [1.54, 1.807) is 25.2 Å². The Morgan fingerprint density at radius 2 is 1.90 bits per heavy atom. The topological polar surface area (TPSA) is 98.8 Å². The summed E-state index contributed by atoms with van der Waals surface area (Å²) >= 11 is 0. The molecular weight excluding hydrogens is 372 g/mol. The van der Waals surface area contributed by atoms with Crippen LogP contribution in [0.25, 0.3) is 0 Å². The standard InChI is InChI=1S/C21H20N4O4/c1-24(15-5-3-2-4-6-15)21(29)22-14-7-8-16-13(11-14)12-25(20(16)28)17-9-10-18(26)23-19(17)27/h2-8,11,17H,9-10,12H2,1H3,(H,22,29)(H,23,26,27). The molecule has 4 rings (SSSR count). The average molecular weight is 392 g/mol. The van der Waals surface area contributed by atoms with Crippen molar-refractivity contribution < 1.29 is 19.2 Å². The lowest BCUT2D eigenvalue weighted by molar-refractivity contribution is -0.136. The fourth-order valence-corrected chi connectivity index (χ4v) is 3.63. The molecule has 2 aliphatic heterocycles. The predicted molar refractivity (Wildman–Crippen MR) is 106 cm³/mol. The predicted octanol–water partition coefficient (Wildman–Crippen LogP) is 2.12. The minimum atomic E-state index is -0.658. The maximum Gasteiger partial charge on any atom is 0.326 e. The van der Waals surface area contributed by atoms with Gasteiger partial charge in [-0.3, -0.25) is 24.6 Å². The molecule has 0 radical (unpaired) electrons. The van der Waals surface area contributed by atoms with E-state index in [4.69, 9.17) is 0 Å². The van der Waals surface area contributed by atoms with E-state index in [1.807, 2.05) is 30.3 Å². The molecule has 29 heavy (non-hydrogen) atoms. The van der Waals surface area contributed by atoms with Gasteiger partial charge in [0.15, 0.2) is 0 Å². The number of hydrogen-bond acceptors (Lipinski definition) is 4. The van der Waals surface area contributed by atoms with Gasteiger partial charge in [0, 0.05) is 37.0 Å². The molecule has 5 amide bonds. The summed E-state index contributed by atoms with van der Waals surface area (Å²) in [5, 5.41) is 5.11. The van der Waals surface area contributed by atoms with Crippen molar-refractivity contribution >= 4 is 35.1 Å². The smallest absolute Gasteiger partial charge is 0.322 e. The Morgan fingerprint density at radius 1 is 1.14 bits per heavy atom. The first-order valence-electron chi connectivity index (χ1n) is 9.31. The molecule has 2 aromatic carbocycles. The lowest BCUT2D eigenvalue weighted by Crippen LogP contribution is -2.52. The third-order valence-electron chi connectivity index (χ3n) is 5.22. The van der Waals surface area contributed by atoms with Gasteiger partial charge in [0.1, 0.15) is 6.04 Å². The van der Waals surface area contributed by atoms with E-state index in [2.05, 4.69) is 10.6 Å². The average Bonchev–Trinajstić information content (AvgIpc) is 3.03. The van der Waals surface area contributed by atoms with Crippen LogP contribution in [0.1, 0.15) is 28.8 Å². The first kappa shape index (κ1) is 18.7.